The minimum atomic E-state index is -0.185. The number of nitrogens with zero attached hydrogens (tertiary/aromatic N) is 1. The predicted molar refractivity (Wildman–Crippen MR) is 82.6 cm³/mol. The summed E-state index contributed by atoms with van der Waals surface area (Å²) in [5.41, 5.74) is 2.61. The highest BCUT2D eigenvalue weighted by molar-refractivity contribution is 5.47. The number of hydrogen-bond donors (Lipinski definition) is 2. The van der Waals surface area contributed by atoms with E-state index in [1.54, 1.807) is 0 Å². The first-order valence-corrected chi connectivity index (χ1v) is 7.40. The Balaban J connectivity index is 2.32. The fraction of sp³-hybridized carbons (Fsp3) is 0.625. The lowest BCUT2D eigenvalue weighted by Crippen LogP contribution is -2.21. The van der Waals surface area contributed by atoms with Crippen molar-refractivity contribution >= 4 is 5.69 Å². The number of aliphatic hydroxyl groups excluding tert-OH is 1. The quantitative estimate of drug-likeness (QED) is 0.673. The van der Waals surface area contributed by atoms with Crippen LogP contribution in [0.4, 0.5) is 5.69 Å². The maximum atomic E-state index is 9.17. The van der Waals surface area contributed by atoms with Crippen LogP contribution >= 0.6 is 0 Å². The molecule has 0 aromatic heterocycles. The molecule has 0 aliphatic carbocycles. The molecule has 0 radical (unpaired) electrons. The van der Waals surface area contributed by atoms with Gasteiger partial charge < -0.3 is 15.3 Å². The van der Waals surface area contributed by atoms with Crippen molar-refractivity contribution in [2.24, 2.45) is 0 Å². The summed E-state index contributed by atoms with van der Waals surface area (Å²) in [5, 5.41) is 12.6. The molecular formula is C16H28N2O. The van der Waals surface area contributed by atoms with Gasteiger partial charge in [-0.25, -0.2) is 0 Å². The van der Waals surface area contributed by atoms with Crippen molar-refractivity contribution in [3.05, 3.63) is 29.8 Å². The Morgan fingerprint density at radius 2 is 1.79 bits per heavy atom. The molecule has 1 aromatic carbocycles. The topological polar surface area (TPSA) is 35.5 Å². The molecule has 0 aliphatic rings. The third kappa shape index (κ3) is 6.08. The Labute approximate surface area is 117 Å². The molecule has 0 heterocycles. The molecular weight excluding hydrogens is 236 g/mol. The van der Waals surface area contributed by atoms with Crippen LogP contribution in [0.25, 0.3) is 0 Å². The second-order valence-electron chi connectivity index (χ2n) is 5.01. The van der Waals surface area contributed by atoms with Gasteiger partial charge in [-0.15, -0.1) is 0 Å². The van der Waals surface area contributed by atoms with Crippen molar-refractivity contribution in [1.29, 1.82) is 0 Å². The van der Waals surface area contributed by atoms with Crippen LogP contribution in [0.3, 0.4) is 0 Å². The van der Waals surface area contributed by atoms with Gasteiger partial charge >= 0.3 is 0 Å². The number of aliphatic hydroxyl groups is 1. The van der Waals surface area contributed by atoms with Gasteiger partial charge in [-0.2, -0.15) is 0 Å². The number of nitrogens with one attached hydrogen (secondary N) is 1. The van der Waals surface area contributed by atoms with Crippen LogP contribution in [0.5, 0.6) is 0 Å². The zero-order valence-electron chi connectivity index (χ0n) is 12.5. The van der Waals surface area contributed by atoms with E-state index in [0.29, 0.717) is 0 Å². The Morgan fingerprint density at radius 3 is 2.32 bits per heavy atom. The number of anilines is 1. The van der Waals surface area contributed by atoms with Gasteiger partial charge in [0.2, 0.25) is 0 Å². The van der Waals surface area contributed by atoms with Crippen molar-refractivity contribution < 1.29 is 5.11 Å². The van der Waals surface area contributed by atoms with E-state index in [-0.39, 0.29) is 6.10 Å². The van der Waals surface area contributed by atoms with E-state index in [9.17, 15) is 0 Å². The van der Waals surface area contributed by atoms with Crippen LogP contribution in [0.2, 0.25) is 0 Å². The molecule has 0 bridgehead atoms. The normalized spacial score (nSPS) is 12.4. The molecule has 1 unspecified atom stereocenters. The number of rotatable bonds is 9. The molecule has 3 heteroatoms. The van der Waals surface area contributed by atoms with E-state index in [1.165, 1.54) is 11.3 Å². The summed E-state index contributed by atoms with van der Waals surface area (Å²) in [5.74, 6) is 0. The Bertz CT molecular complexity index is 331. The molecule has 1 atom stereocenters. The SMILES string of the molecule is CCN(CC)c1ccc(CNCCCC(C)O)cc1. The third-order valence-electron chi connectivity index (χ3n) is 3.37. The van der Waals surface area contributed by atoms with E-state index in [2.05, 4.69) is 48.3 Å². The molecule has 19 heavy (non-hydrogen) atoms. The van der Waals surface area contributed by atoms with Crippen molar-refractivity contribution in [3.63, 3.8) is 0 Å². The highest BCUT2D eigenvalue weighted by atomic mass is 16.3. The molecule has 0 spiro atoms. The molecule has 0 saturated heterocycles. The highest BCUT2D eigenvalue weighted by Gasteiger charge is 2.01. The maximum Gasteiger partial charge on any atom is 0.0512 e. The second kappa shape index (κ2) is 8.94. The average molecular weight is 264 g/mol. The summed E-state index contributed by atoms with van der Waals surface area (Å²) in [6, 6.07) is 8.77. The van der Waals surface area contributed by atoms with Gasteiger partial charge in [-0.1, -0.05) is 12.1 Å². The fourth-order valence-corrected chi connectivity index (χ4v) is 2.17. The lowest BCUT2D eigenvalue weighted by molar-refractivity contribution is 0.181. The molecule has 0 amide bonds. The van der Waals surface area contributed by atoms with Crippen LogP contribution in [0.15, 0.2) is 24.3 Å². The van der Waals surface area contributed by atoms with Gasteiger partial charge in [0.05, 0.1) is 6.10 Å². The van der Waals surface area contributed by atoms with Gasteiger partial charge in [-0.3, -0.25) is 0 Å². The lowest BCUT2D eigenvalue weighted by atomic mass is 10.2. The lowest BCUT2D eigenvalue weighted by Gasteiger charge is -2.21. The minimum Gasteiger partial charge on any atom is -0.393 e. The van der Waals surface area contributed by atoms with Crippen LogP contribution in [-0.2, 0) is 6.54 Å². The smallest absolute Gasteiger partial charge is 0.0512 e. The Morgan fingerprint density at radius 1 is 1.16 bits per heavy atom. The van der Waals surface area contributed by atoms with Crippen LogP contribution < -0.4 is 10.2 Å². The Kier molecular flexibility index (Phi) is 7.53. The van der Waals surface area contributed by atoms with Crippen molar-refractivity contribution in [1.82, 2.24) is 5.32 Å². The summed E-state index contributed by atoms with van der Waals surface area (Å²) in [7, 11) is 0. The molecule has 0 fully saturated rings. The van der Waals surface area contributed by atoms with Crippen molar-refractivity contribution in [2.45, 2.75) is 46.3 Å². The van der Waals surface area contributed by atoms with Crippen molar-refractivity contribution in [3.8, 4) is 0 Å². The summed E-state index contributed by atoms with van der Waals surface area (Å²) in [6.45, 7) is 10.2. The molecule has 1 aromatic rings. The molecule has 0 saturated carbocycles. The van der Waals surface area contributed by atoms with Gasteiger partial charge in [0.1, 0.15) is 0 Å². The zero-order valence-corrected chi connectivity index (χ0v) is 12.5. The van der Waals surface area contributed by atoms with Gasteiger partial charge in [0.25, 0.3) is 0 Å². The van der Waals surface area contributed by atoms with E-state index in [0.717, 1.165) is 39.0 Å². The number of hydrogen-bond acceptors (Lipinski definition) is 3. The van der Waals surface area contributed by atoms with Gasteiger partial charge in [-0.05, 0) is 57.9 Å². The first-order valence-electron chi connectivity index (χ1n) is 7.40. The zero-order chi connectivity index (χ0) is 14.1. The van der Waals surface area contributed by atoms with E-state index < -0.39 is 0 Å². The van der Waals surface area contributed by atoms with Crippen LogP contribution in [0.1, 0.15) is 39.2 Å². The first kappa shape index (κ1) is 16.0. The second-order valence-corrected chi connectivity index (χ2v) is 5.01. The Hall–Kier alpha value is -1.06. The molecule has 3 nitrogen and oxygen atoms in total. The molecule has 0 aliphatic heterocycles. The van der Waals surface area contributed by atoms with E-state index in [4.69, 9.17) is 5.11 Å². The van der Waals surface area contributed by atoms with E-state index >= 15 is 0 Å². The number of benzene rings is 1. The highest BCUT2D eigenvalue weighted by Crippen LogP contribution is 2.14. The van der Waals surface area contributed by atoms with E-state index in [1.807, 2.05) is 6.92 Å². The summed E-state index contributed by atoms with van der Waals surface area (Å²) < 4.78 is 0. The summed E-state index contributed by atoms with van der Waals surface area (Å²) >= 11 is 0. The summed E-state index contributed by atoms with van der Waals surface area (Å²) in [6.07, 6.45) is 1.71. The molecule has 108 valence electrons. The summed E-state index contributed by atoms with van der Waals surface area (Å²) in [4.78, 5) is 2.35. The average Bonchev–Trinajstić information content (AvgIpc) is 2.41. The van der Waals surface area contributed by atoms with Gasteiger partial charge in [0, 0.05) is 25.3 Å². The first-order chi connectivity index (χ1) is 9.17. The van der Waals surface area contributed by atoms with Crippen LogP contribution in [0, 0.1) is 0 Å². The van der Waals surface area contributed by atoms with Gasteiger partial charge in [0.15, 0.2) is 0 Å². The van der Waals surface area contributed by atoms with Crippen molar-refractivity contribution in [2.75, 3.05) is 24.5 Å². The molecule has 2 N–H and O–H groups in total. The predicted octanol–water partition coefficient (Wildman–Crippen LogP) is 2.78. The fourth-order valence-electron chi connectivity index (χ4n) is 2.17. The minimum absolute atomic E-state index is 0.185. The monoisotopic (exact) mass is 264 g/mol. The third-order valence-corrected chi connectivity index (χ3v) is 3.37. The largest absolute Gasteiger partial charge is 0.393 e. The standard InChI is InChI=1S/C16H28N2O/c1-4-18(5-2)16-10-8-15(9-11-16)13-17-12-6-7-14(3)19/h8-11,14,17,19H,4-7,12-13H2,1-3H3. The molecule has 1 rings (SSSR count). The van der Waals surface area contributed by atoms with Crippen LogP contribution in [-0.4, -0.2) is 30.8 Å². The maximum absolute atomic E-state index is 9.17.